The first-order chi connectivity index (χ1) is 9.00. The van der Waals surface area contributed by atoms with Crippen molar-refractivity contribution >= 4 is 11.4 Å². The van der Waals surface area contributed by atoms with E-state index in [-0.39, 0.29) is 16.0 Å². The Bertz CT molecular complexity index is 468. The van der Waals surface area contributed by atoms with E-state index in [9.17, 15) is 10.1 Å². The fraction of sp³-hybridized carbons (Fsp3) is 0.571. The van der Waals surface area contributed by atoms with Crippen LogP contribution in [0.1, 0.15) is 25.3 Å². The summed E-state index contributed by atoms with van der Waals surface area (Å²) in [5.74, 6) is 0. The van der Waals surface area contributed by atoms with Crippen molar-refractivity contribution in [2.24, 2.45) is 5.41 Å². The predicted octanol–water partition coefficient (Wildman–Crippen LogP) is 2.70. The molecule has 5 nitrogen and oxygen atoms in total. The normalized spacial score (nSPS) is 23.1. The second kappa shape index (κ2) is 5.57. The van der Waals surface area contributed by atoms with Gasteiger partial charge in [-0.15, -0.1) is 0 Å². The lowest BCUT2D eigenvalue weighted by Gasteiger charge is -2.34. The van der Waals surface area contributed by atoms with E-state index in [1.54, 1.807) is 12.1 Å². The Balaban J connectivity index is 2.10. The summed E-state index contributed by atoms with van der Waals surface area (Å²) in [5, 5.41) is 17.7. The van der Waals surface area contributed by atoms with Gasteiger partial charge in [-0.3, -0.25) is 10.1 Å². The van der Waals surface area contributed by atoms with Crippen LogP contribution in [0, 0.1) is 22.5 Å². The Morgan fingerprint density at radius 1 is 1.53 bits per heavy atom. The van der Waals surface area contributed by atoms with E-state index in [1.165, 1.54) is 0 Å². The van der Waals surface area contributed by atoms with Crippen LogP contribution >= 0.6 is 0 Å². The van der Waals surface area contributed by atoms with Crippen molar-refractivity contribution in [3.8, 4) is 0 Å². The number of nitro benzene ring substituents is 1. The number of aryl methyl sites for hydroxylation is 1. The maximum Gasteiger partial charge on any atom is 0.292 e. The fourth-order valence-electron chi connectivity index (χ4n) is 2.53. The number of rotatable bonds is 4. The van der Waals surface area contributed by atoms with Crippen LogP contribution in [0.4, 0.5) is 11.4 Å². The lowest BCUT2D eigenvalue weighted by molar-refractivity contribution is -0.384. The highest BCUT2D eigenvalue weighted by molar-refractivity contribution is 5.62. The summed E-state index contributed by atoms with van der Waals surface area (Å²) in [6.07, 6.45) is 2.31. The first kappa shape index (κ1) is 13.8. The number of hydrogen-bond acceptors (Lipinski definition) is 4. The van der Waals surface area contributed by atoms with Gasteiger partial charge in [-0.05, 0) is 43.4 Å². The molecule has 0 amide bonds. The molecular formula is C14H21N3O2. The third kappa shape index (κ3) is 3.44. The number of piperidine rings is 1. The number of nitro groups is 1. The summed E-state index contributed by atoms with van der Waals surface area (Å²) in [4.78, 5) is 10.7. The lowest BCUT2D eigenvalue weighted by Crippen LogP contribution is -2.42. The summed E-state index contributed by atoms with van der Waals surface area (Å²) in [6, 6.07) is 5.18. The molecule has 1 saturated heterocycles. The molecule has 0 saturated carbocycles. The molecule has 0 aromatic heterocycles. The number of nitrogens with zero attached hydrogens (tertiary/aromatic N) is 1. The molecule has 104 valence electrons. The van der Waals surface area contributed by atoms with E-state index in [1.807, 2.05) is 13.0 Å². The molecule has 1 unspecified atom stereocenters. The minimum absolute atomic E-state index is 0.151. The average Bonchev–Trinajstić information content (AvgIpc) is 2.37. The summed E-state index contributed by atoms with van der Waals surface area (Å²) in [6.45, 7) is 6.94. The maximum atomic E-state index is 11.0. The Labute approximate surface area is 113 Å². The Morgan fingerprint density at radius 3 is 2.95 bits per heavy atom. The molecule has 5 heteroatoms. The molecule has 0 aliphatic carbocycles. The van der Waals surface area contributed by atoms with E-state index < -0.39 is 0 Å². The molecule has 1 fully saturated rings. The molecule has 1 heterocycles. The number of anilines is 1. The van der Waals surface area contributed by atoms with Gasteiger partial charge in [0.05, 0.1) is 4.92 Å². The van der Waals surface area contributed by atoms with Gasteiger partial charge in [0.2, 0.25) is 0 Å². The first-order valence-electron chi connectivity index (χ1n) is 6.70. The second-order valence-corrected chi connectivity index (χ2v) is 5.72. The third-order valence-corrected chi connectivity index (χ3v) is 3.74. The summed E-state index contributed by atoms with van der Waals surface area (Å²) in [5.41, 5.74) is 1.96. The van der Waals surface area contributed by atoms with Crippen molar-refractivity contribution in [3.63, 3.8) is 0 Å². The molecule has 1 aliphatic heterocycles. The third-order valence-electron chi connectivity index (χ3n) is 3.74. The van der Waals surface area contributed by atoms with Crippen molar-refractivity contribution < 1.29 is 4.92 Å². The smallest absolute Gasteiger partial charge is 0.292 e. The minimum atomic E-state index is -0.330. The van der Waals surface area contributed by atoms with Gasteiger partial charge in [0.15, 0.2) is 0 Å². The van der Waals surface area contributed by atoms with Crippen molar-refractivity contribution in [1.29, 1.82) is 0 Å². The van der Waals surface area contributed by atoms with Crippen molar-refractivity contribution in [2.75, 3.05) is 25.0 Å². The van der Waals surface area contributed by atoms with Gasteiger partial charge >= 0.3 is 0 Å². The molecule has 2 rings (SSSR count). The van der Waals surface area contributed by atoms with Crippen molar-refractivity contribution in [3.05, 3.63) is 33.9 Å². The van der Waals surface area contributed by atoms with E-state index in [2.05, 4.69) is 17.6 Å². The van der Waals surface area contributed by atoms with Crippen LogP contribution in [0.3, 0.4) is 0 Å². The summed E-state index contributed by atoms with van der Waals surface area (Å²) >= 11 is 0. The number of benzene rings is 1. The van der Waals surface area contributed by atoms with Crippen LogP contribution in [0.15, 0.2) is 18.2 Å². The van der Waals surface area contributed by atoms with Crippen molar-refractivity contribution in [2.45, 2.75) is 26.7 Å². The molecule has 19 heavy (non-hydrogen) atoms. The highest BCUT2D eigenvalue weighted by atomic mass is 16.6. The fourth-order valence-corrected chi connectivity index (χ4v) is 2.53. The largest absolute Gasteiger partial charge is 0.379 e. The number of hydrogen-bond donors (Lipinski definition) is 2. The first-order valence-corrected chi connectivity index (χ1v) is 6.70. The van der Waals surface area contributed by atoms with Gasteiger partial charge < -0.3 is 10.6 Å². The van der Waals surface area contributed by atoms with Gasteiger partial charge in [-0.2, -0.15) is 0 Å². The van der Waals surface area contributed by atoms with Crippen LogP contribution in [0.25, 0.3) is 0 Å². The van der Waals surface area contributed by atoms with E-state index in [0.717, 1.165) is 38.0 Å². The standard InChI is InChI=1S/C14H21N3O2/c1-11-4-5-13(17(18)19)12(8-11)16-10-14(2)6-3-7-15-9-14/h4-5,8,15-16H,3,6-7,9-10H2,1-2H3. The molecule has 1 atom stereocenters. The van der Waals surface area contributed by atoms with Crippen LogP contribution in [0.5, 0.6) is 0 Å². The molecule has 2 N–H and O–H groups in total. The Hall–Kier alpha value is -1.62. The summed E-state index contributed by atoms with van der Waals surface area (Å²) in [7, 11) is 0. The second-order valence-electron chi connectivity index (χ2n) is 5.72. The van der Waals surface area contributed by atoms with Crippen LogP contribution in [0.2, 0.25) is 0 Å². The van der Waals surface area contributed by atoms with Gasteiger partial charge in [0, 0.05) is 19.2 Å². The van der Waals surface area contributed by atoms with E-state index in [0.29, 0.717) is 5.69 Å². The Kier molecular flexibility index (Phi) is 4.04. The predicted molar refractivity (Wildman–Crippen MR) is 76.5 cm³/mol. The molecule has 0 radical (unpaired) electrons. The topological polar surface area (TPSA) is 67.2 Å². The average molecular weight is 263 g/mol. The molecule has 0 bridgehead atoms. The highest BCUT2D eigenvalue weighted by Crippen LogP contribution is 2.29. The zero-order valence-corrected chi connectivity index (χ0v) is 11.5. The molecule has 1 aromatic carbocycles. The Morgan fingerprint density at radius 2 is 2.32 bits per heavy atom. The minimum Gasteiger partial charge on any atom is -0.379 e. The maximum absolute atomic E-state index is 11.0. The van der Waals surface area contributed by atoms with Gasteiger partial charge in [-0.25, -0.2) is 0 Å². The highest BCUT2D eigenvalue weighted by Gasteiger charge is 2.27. The van der Waals surface area contributed by atoms with Crippen LogP contribution in [-0.4, -0.2) is 24.6 Å². The number of nitrogens with one attached hydrogen (secondary N) is 2. The molecule has 1 aliphatic rings. The van der Waals surface area contributed by atoms with E-state index in [4.69, 9.17) is 0 Å². The zero-order valence-electron chi connectivity index (χ0n) is 11.5. The van der Waals surface area contributed by atoms with Gasteiger partial charge in [0.1, 0.15) is 5.69 Å². The summed E-state index contributed by atoms with van der Waals surface area (Å²) < 4.78 is 0. The van der Waals surface area contributed by atoms with E-state index >= 15 is 0 Å². The molecule has 0 spiro atoms. The molecular weight excluding hydrogens is 242 g/mol. The lowest BCUT2D eigenvalue weighted by atomic mass is 9.83. The molecule has 1 aromatic rings. The van der Waals surface area contributed by atoms with Crippen molar-refractivity contribution in [1.82, 2.24) is 5.32 Å². The SMILES string of the molecule is Cc1ccc([N+](=O)[O-])c(NCC2(C)CCCNC2)c1. The van der Waals surface area contributed by atoms with Crippen LogP contribution in [-0.2, 0) is 0 Å². The van der Waals surface area contributed by atoms with Gasteiger partial charge in [-0.1, -0.05) is 13.0 Å². The quantitative estimate of drug-likeness (QED) is 0.647. The zero-order chi connectivity index (χ0) is 13.9. The monoisotopic (exact) mass is 263 g/mol. The van der Waals surface area contributed by atoms with Crippen LogP contribution < -0.4 is 10.6 Å². The van der Waals surface area contributed by atoms with Gasteiger partial charge in [0.25, 0.3) is 5.69 Å².